The number of benzene rings is 1. The van der Waals surface area contributed by atoms with Crippen LogP contribution in [0.2, 0.25) is 0 Å². The zero-order valence-electron chi connectivity index (χ0n) is 17.3. The Morgan fingerprint density at radius 3 is 2.41 bits per heavy atom. The number of nitrogens with zero attached hydrogens (tertiary/aromatic N) is 5. The van der Waals surface area contributed by atoms with Gasteiger partial charge >= 0.3 is 5.69 Å². The molecule has 1 aliphatic heterocycles. The van der Waals surface area contributed by atoms with Crippen LogP contribution >= 0.6 is 0 Å². The Balaban J connectivity index is 1.58. The number of aromatic nitrogens is 4. The van der Waals surface area contributed by atoms with Crippen molar-refractivity contribution in [1.82, 2.24) is 24.0 Å². The Labute approximate surface area is 169 Å². The van der Waals surface area contributed by atoms with Crippen LogP contribution in [-0.4, -0.2) is 50.2 Å². The first-order valence-corrected chi connectivity index (χ1v) is 10.2. The third-order valence-electron chi connectivity index (χ3n) is 5.62. The molecule has 0 aliphatic carbocycles. The lowest BCUT2D eigenvalue weighted by atomic mass is 10.1. The first kappa shape index (κ1) is 19.4. The van der Waals surface area contributed by atoms with Gasteiger partial charge in [-0.3, -0.25) is 19.2 Å². The Morgan fingerprint density at radius 1 is 1.07 bits per heavy atom. The van der Waals surface area contributed by atoms with Crippen LogP contribution in [0.15, 0.2) is 33.9 Å². The molecule has 0 spiro atoms. The molecule has 0 unspecified atom stereocenters. The highest BCUT2D eigenvalue weighted by Crippen LogP contribution is 2.22. The van der Waals surface area contributed by atoms with E-state index in [1.807, 2.05) is 4.57 Å². The average molecular weight is 396 g/mol. The number of piperazine rings is 1. The van der Waals surface area contributed by atoms with Crippen molar-refractivity contribution in [3.8, 4) is 0 Å². The van der Waals surface area contributed by atoms with Gasteiger partial charge < -0.3 is 9.47 Å². The maximum absolute atomic E-state index is 12.5. The highest BCUT2D eigenvalue weighted by atomic mass is 16.2. The molecule has 154 valence electrons. The van der Waals surface area contributed by atoms with Gasteiger partial charge in [0.2, 0.25) is 5.95 Å². The van der Waals surface area contributed by atoms with E-state index >= 15 is 0 Å². The normalized spacial score (nSPS) is 15.3. The van der Waals surface area contributed by atoms with Gasteiger partial charge in [-0.25, -0.2) is 4.79 Å². The molecule has 0 amide bonds. The number of H-pyrrole nitrogens is 1. The minimum atomic E-state index is -0.432. The van der Waals surface area contributed by atoms with Crippen molar-refractivity contribution >= 4 is 17.1 Å². The number of imidazole rings is 1. The predicted molar refractivity (Wildman–Crippen MR) is 115 cm³/mol. The highest BCUT2D eigenvalue weighted by molar-refractivity contribution is 5.74. The Morgan fingerprint density at radius 2 is 1.76 bits per heavy atom. The van der Waals surface area contributed by atoms with Gasteiger partial charge in [0, 0.05) is 46.3 Å². The van der Waals surface area contributed by atoms with Gasteiger partial charge in [-0.15, -0.1) is 0 Å². The van der Waals surface area contributed by atoms with Gasteiger partial charge in [0.25, 0.3) is 5.56 Å². The van der Waals surface area contributed by atoms with E-state index in [1.54, 1.807) is 7.05 Å². The van der Waals surface area contributed by atoms with E-state index < -0.39 is 5.69 Å². The third-order valence-corrected chi connectivity index (χ3v) is 5.62. The predicted octanol–water partition coefficient (Wildman–Crippen LogP) is 1.46. The van der Waals surface area contributed by atoms with Crippen LogP contribution in [-0.2, 0) is 20.1 Å². The van der Waals surface area contributed by atoms with Crippen molar-refractivity contribution in [2.75, 3.05) is 31.1 Å². The van der Waals surface area contributed by atoms with Crippen molar-refractivity contribution in [3.63, 3.8) is 0 Å². The van der Waals surface area contributed by atoms with Crippen LogP contribution in [0.4, 0.5) is 5.95 Å². The Kier molecular flexibility index (Phi) is 5.27. The molecule has 1 fully saturated rings. The number of fused-ring (bicyclic) bond motifs is 1. The van der Waals surface area contributed by atoms with Crippen molar-refractivity contribution in [1.29, 1.82) is 0 Å². The van der Waals surface area contributed by atoms with Crippen LogP contribution in [0.3, 0.4) is 0 Å². The Bertz CT molecular complexity index is 1120. The van der Waals surface area contributed by atoms with Gasteiger partial charge in [-0.2, -0.15) is 4.98 Å². The van der Waals surface area contributed by atoms with Crippen molar-refractivity contribution in [2.24, 2.45) is 7.05 Å². The summed E-state index contributed by atoms with van der Waals surface area (Å²) in [5.41, 5.74) is 2.73. The first-order chi connectivity index (χ1) is 14.0. The van der Waals surface area contributed by atoms with Crippen LogP contribution in [0.5, 0.6) is 0 Å². The van der Waals surface area contributed by atoms with Crippen LogP contribution in [0.1, 0.15) is 24.5 Å². The average Bonchev–Trinajstić information content (AvgIpc) is 3.09. The van der Waals surface area contributed by atoms with Gasteiger partial charge in [-0.1, -0.05) is 36.8 Å². The van der Waals surface area contributed by atoms with Crippen molar-refractivity contribution < 1.29 is 0 Å². The van der Waals surface area contributed by atoms with Gasteiger partial charge in [-0.05, 0) is 18.9 Å². The molecule has 0 bridgehead atoms. The zero-order chi connectivity index (χ0) is 20.5. The summed E-state index contributed by atoms with van der Waals surface area (Å²) in [6.45, 7) is 9.34. The summed E-state index contributed by atoms with van der Waals surface area (Å²) in [4.78, 5) is 36.2. The molecule has 0 radical (unpaired) electrons. The minimum absolute atomic E-state index is 0.367. The Hall–Kier alpha value is -2.87. The SMILES string of the molecule is CCCn1c(N2CCN(Cc3ccc(C)cc3)CC2)nc2c1c(=O)[nH]c(=O)n2C. The van der Waals surface area contributed by atoms with Gasteiger partial charge in [0.05, 0.1) is 0 Å². The van der Waals surface area contributed by atoms with E-state index in [4.69, 9.17) is 4.98 Å². The topological polar surface area (TPSA) is 79.2 Å². The second-order valence-electron chi connectivity index (χ2n) is 7.80. The molecule has 3 heterocycles. The molecule has 1 aromatic carbocycles. The molecule has 8 heteroatoms. The van der Waals surface area contributed by atoms with Gasteiger partial charge in [0.15, 0.2) is 11.2 Å². The fourth-order valence-corrected chi connectivity index (χ4v) is 3.96. The van der Waals surface area contributed by atoms with E-state index in [1.165, 1.54) is 15.7 Å². The molecule has 0 saturated carbocycles. The molecule has 8 nitrogen and oxygen atoms in total. The molecule has 1 saturated heterocycles. The van der Waals surface area contributed by atoms with Crippen LogP contribution in [0.25, 0.3) is 11.2 Å². The monoisotopic (exact) mass is 396 g/mol. The van der Waals surface area contributed by atoms with Crippen molar-refractivity contribution in [2.45, 2.75) is 33.4 Å². The molecular weight excluding hydrogens is 368 g/mol. The molecule has 2 aromatic heterocycles. The zero-order valence-corrected chi connectivity index (χ0v) is 17.3. The number of hydrogen-bond donors (Lipinski definition) is 1. The third kappa shape index (κ3) is 3.72. The fourth-order valence-electron chi connectivity index (χ4n) is 3.96. The lowest BCUT2D eigenvalue weighted by Gasteiger charge is -2.35. The number of anilines is 1. The van der Waals surface area contributed by atoms with E-state index in [2.05, 4.69) is 52.9 Å². The molecule has 1 aliphatic rings. The number of hydrogen-bond acceptors (Lipinski definition) is 5. The summed E-state index contributed by atoms with van der Waals surface area (Å²) in [6.07, 6.45) is 0.883. The summed E-state index contributed by atoms with van der Waals surface area (Å²) in [7, 11) is 1.65. The maximum Gasteiger partial charge on any atom is 0.329 e. The summed E-state index contributed by atoms with van der Waals surface area (Å²) in [6, 6.07) is 8.69. The molecule has 3 aromatic rings. The molecule has 4 rings (SSSR count). The molecule has 29 heavy (non-hydrogen) atoms. The number of nitrogens with one attached hydrogen (secondary N) is 1. The lowest BCUT2D eigenvalue weighted by Crippen LogP contribution is -2.46. The standard InChI is InChI=1S/C21H28N6O2/c1-4-9-27-17-18(24(3)21(29)23-19(17)28)22-20(27)26-12-10-25(11-13-26)14-16-7-5-15(2)6-8-16/h5-8H,4,9-14H2,1-3H3,(H,23,28,29). The number of rotatable bonds is 5. The fraction of sp³-hybridized carbons (Fsp3) is 0.476. The second-order valence-corrected chi connectivity index (χ2v) is 7.80. The molecule has 1 N–H and O–H groups in total. The number of aryl methyl sites for hydroxylation is 3. The smallest absolute Gasteiger partial charge is 0.329 e. The molecule has 0 atom stereocenters. The van der Waals surface area contributed by atoms with E-state index in [0.717, 1.165) is 45.1 Å². The number of aromatic amines is 1. The minimum Gasteiger partial charge on any atom is -0.340 e. The van der Waals surface area contributed by atoms with E-state index in [-0.39, 0.29) is 5.56 Å². The first-order valence-electron chi connectivity index (χ1n) is 10.2. The second kappa shape index (κ2) is 7.87. The summed E-state index contributed by atoms with van der Waals surface area (Å²) in [5.74, 6) is 0.781. The van der Waals surface area contributed by atoms with Crippen LogP contribution < -0.4 is 16.1 Å². The lowest BCUT2D eigenvalue weighted by molar-refractivity contribution is 0.248. The van der Waals surface area contributed by atoms with E-state index in [0.29, 0.717) is 17.7 Å². The van der Waals surface area contributed by atoms with Gasteiger partial charge in [0.1, 0.15) is 0 Å². The highest BCUT2D eigenvalue weighted by Gasteiger charge is 2.24. The van der Waals surface area contributed by atoms with Crippen molar-refractivity contribution in [3.05, 3.63) is 56.2 Å². The van der Waals surface area contributed by atoms with E-state index in [9.17, 15) is 9.59 Å². The largest absolute Gasteiger partial charge is 0.340 e. The molecular formula is C21H28N6O2. The summed E-state index contributed by atoms with van der Waals surface area (Å²) < 4.78 is 3.38. The van der Waals surface area contributed by atoms with Crippen LogP contribution in [0, 0.1) is 6.92 Å². The quantitative estimate of drug-likeness (QED) is 0.706. The summed E-state index contributed by atoms with van der Waals surface area (Å²) in [5, 5.41) is 0. The maximum atomic E-state index is 12.5. The summed E-state index contributed by atoms with van der Waals surface area (Å²) >= 11 is 0.